The Hall–Kier alpha value is -0.480. The number of nitrogens with one attached hydrogen (secondary N) is 1. The van der Waals surface area contributed by atoms with Crippen LogP contribution in [0.4, 0.5) is 0 Å². The van der Waals surface area contributed by atoms with Crippen LogP contribution in [0.3, 0.4) is 0 Å². The van der Waals surface area contributed by atoms with Crippen LogP contribution in [-0.4, -0.2) is 32.4 Å². The molecular formula is C16H21Cl2NO2. The van der Waals surface area contributed by atoms with Crippen LogP contribution in [0.25, 0.3) is 0 Å². The predicted molar refractivity (Wildman–Crippen MR) is 85.4 cm³/mol. The van der Waals surface area contributed by atoms with Gasteiger partial charge in [0.15, 0.2) is 0 Å². The number of hydrogen-bond donors (Lipinski definition) is 1. The zero-order valence-electron chi connectivity index (χ0n) is 12.0. The summed E-state index contributed by atoms with van der Waals surface area (Å²) in [7, 11) is 0. The third-order valence-electron chi connectivity index (χ3n) is 4.47. The molecule has 1 N–H and O–H groups in total. The van der Waals surface area contributed by atoms with E-state index in [1.54, 1.807) is 6.07 Å². The molecule has 0 unspecified atom stereocenters. The van der Waals surface area contributed by atoms with Gasteiger partial charge in [-0.1, -0.05) is 29.3 Å². The van der Waals surface area contributed by atoms with Crippen molar-refractivity contribution in [1.29, 1.82) is 0 Å². The summed E-state index contributed by atoms with van der Waals surface area (Å²) >= 11 is 12.4. The fraction of sp³-hybridized carbons (Fsp3) is 0.625. The minimum Gasteiger partial charge on any atom is -0.488 e. The van der Waals surface area contributed by atoms with E-state index in [1.807, 2.05) is 12.1 Å². The van der Waals surface area contributed by atoms with Crippen molar-refractivity contribution in [2.45, 2.75) is 25.4 Å². The molecule has 0 aliphatic carbocycles. The van der Waals surface area contributed by atoms with Gasteiger partial charge in [0.2, 0.25) is 0 Å². The molecule has 0 saturated carbocycles. The topological polar surface area (TPSA) is 30.5 Å². The number of hydrogen-bond acceptors (Lipinski definition) is 3. The molecule has 1 aromatic carbocycles. The lowest BCUT2D eigenvalue weighted by Crippen LogP contribution is -2.39. The zero-order valence-corrected chi connectivity index (χ0v) is 13.5. The van der Waals surface area contributed by atoms with Gasteiger partial charge in [-0.15, -0.1) is 0 Å². The lowest BCUT2D eigenvalue weighted by molar-refractivity contribution is -0.00129. The highest BCUT2D eigenvalue weighted by Crippen LogP contribution is 2.36. The molecule has 0 spiro atoms. The second-order valence-electron chi connectivity index (χ2n) is 5.84. The minimum absolute atomic E-state index is 0.180. The van der Waals surface area contributed by atoms with Gasteiger partial charge in [-0.3, -0.25) is 0 Å². The first-order chi connectivity index (χ1) is 10.3. The van der Waals surface area contributed by atoms with Crippen LogP contribution in [0, 0.1) is 11.8 Å². The molecular weight excluding hydrogens is 309 g/mol. The molecule has 2 aliphatic rings. The molecule has 2 aliphatic heterocycles. The summed E-state index contributed by atoms with van der Waals surface area (Å²) in [6, 6.07) is 5.58. The molecule has 3 nitrogen and oxygen atoms in total. The Bertz CT molecular complexity index is 471. The highest BCUT2D eigenvalue weighted by Gasteiger charge is 2.34. The number of rotatable bonds is 4. The molecule has 0 amide bonds. The quantitative estimate of drug-likeness (QED) is 0.911. The van der Waals surface area contributed by atoms with Gasteiger partial charge in [-0.05, 0) is 37.9 Å². The van der Waals surface area contributed by atoms with Crippen molar-refractivity contribution in [3.8, 4) is 5.75 Å². The average molecular weight is 330 g/mol. The van der Waals surface area contributed by atoms with Crippen LogP contribution in [0.1, 0.15) is 19.3 Å². The Morgan fingerprint density at radius 3 is 2.67 bits per heavy atom. The summed E-state index contributed by atoms with van der Waals surface area (Å²) in [6.07, 6.45) is 3.44. The highest BCUT2D eigenvalue weighted by atomic mass is 35.5. The number of ether oxygens (including phenoxy) is 2. The second-order valence-corrected chi connectivity index (χ2v) is 6.62. The van der Waals surface area contributed by atoms with Crippen LogP contribution in [-0.2, 0) is 4.74 Å². The van der Waals surface area contributed by atoms with E-state index in [4.69, 9.17) is 32.7 Å². The molecule has 0 aromatic heterocycles. The second kappa shape index (κ2) is 7.19. The van der Waals surface area contributed by atoms with Gasteiger partial charge in [0.25, 0.3) is 0 Å². The summed E-state index contributed by atoms with van der Waals surface area (Å²) in [5.74, 6) is 1.76. The van der Waals surface area contributed by atoms with Gasteiger partial charge in [-0.2, -0.15) is 0 Å². The molecule has 2 atom stereocenters. The van der Waals surface area contributed by atoms with E-state index in [-0.39, 0.29) is 6.10 Å². The van der Waals surface area contributed by atoms with Crippen molar-refractivity contribution >= 4 is 23.2 Å². The first kappa shape index (κ1) is 15.4. The maximum absolute atomic E-state index is 6.34. The summed E-state index contributed by atoms with van der Waals surface area (Å²) in [5, 5.41) is 4.50. The summed E-state index contributed by atoms with van der Waals surface area (Å²) < 4.78 is 11.8. The van der Waals surface area contributed by atoms with E-state index in [0.29, 0.717) is 27.6 Å². The normalized spacial score (nSPS) is 25.0. The van der Waals surface area contributed by atoms with Crippen LogP contribution in [0.2, 0.25) is 10.0 Å². The molecule has 2 heterocycles. The largest absolute Gasteiger partial charge is 0.488 e. The molecule has 5 heteroatoms. The minimum atomic E-state index is 0.180. The van der Waals surface area contributed by atoms with E-state index in [2.05, 4.69) is 5.32 Å². The van der Waals surface area contributed by atoms with Crippen LogP contribution in [0.5, 0.6) is 5.75 Å². The van der Waals surface area contributed by atoms with E-state index < -0.39 is 0 Å². The van der Waals surface area contributed by atoms with Crippen LogP contribution in [0.15, 0.2) is 18.2 Å². The van der Waals surface area contributed by atoms with E-state index >= 15 is 0 Å². The van der Waals surface area contributed by atoms with Crippen molar-refractivity contribution in [1.82, 2.24) is 5.32 Å². The first-order valence-corrected chi connectivity index (χ1v) is 8.40. The zero-order chi connectivity index (χ0) is 14.7. The van der Waals surface area contributed by atoms with Crippen LogP contribution < -0.4 is 10.1 Å². The summed E-state index contributed by atoms with van der Waals surface area (Å²) in [5.41, 5.74) is 0. The van der Waals surface area contributed by atoms with E-state index in [9.17, 15) is 0 Å². The number of halogens is 2. The lowest BCUT2D eigenvalue weighted by Gasteiger charge is -2.34. The Labute approximate surface area is 135 Å². The van der Waals surface area contributed by atoms with E-state index in [1.165, 1.54) is 0 Å². The first-order valence-electron chi connectivity index (χ1n) is 7.65. The summed E-state index contributed by atoms with van der Waals surface area (Å²) in [6.45, 7) is 3.74. The van der Waals surface area contributed by atoms with Crippen molar-refractivity contribution in [2.24, 2.45) is 11.8 Å². The molecule has 0 bridgehead atoms. The van der Waals surface area contributed by atoms with Gasteiger partial charge in [0.1, 0.15) is 16.9 Å². The van der Waals surface area contributed by atoms with Gasteiger partial charge in [0.05, 0.1) is 5.02 Å². The Kier molecular flexibility index (Phi) is 5.28. The Morgan fingerprint density at radius 2 is 1.95 bits per heavy atom. The van der Waals surface area contributed by atoms with Crippen molar-refractivity contribution in [2.75, 3.05) is 26.3 Å². The fourth-order valence-electron chi connectivity index (χ4n) is 3.30. The van der Waals surface area contributed by atoms with E-state index in [0.717, 1.165) is 45.6 Å². The average Bonchev–Trinajstić information content (AvgIpc) is 3.04. The van der Waals surface area contributed by atoms with Crippen molar-refractivity contribution in [3.63, 3.8) is 0 Å². The maximum Gasteiger partial charge on any atom is 0.139 e. The van der Waals surface area contributed by atoms with Gasteiger partial charge in [-0.25, -0.2) is 0 Å². The maximum atomic E-state index is 6.34. The third kappa shape index (κ3) is 3.65. The Morgan fingerprint density at radius 1 is 1.14 bits per heavy atom. The molecule has 0 radical (unpaired) electrons. The molecule has 2 saturated heterocycles. The predicted octanol–water partition coefficient (Wildman–Crippen LogP) is 3.78. The molecule has 116 valence electrons. The van der Waals surface area contributed by atoms with Gasteiger partial charge < -0.3 is 14.8 Å². The standard InChI is InChI=1S/C16H21Cl2NO2/c17-13-2-1-3-14(15(13)18)21-16(12-4-7-19-10-12)11-5-8-20-9-6-11/h1-3,11-12,16,19H,4-10H2/t12-,16-/m1/s1. The molecule has 3 rings (SSSR count). The monoisotopic (exact) mass is 329 g/mol. The Balaban J connectivity index is 1.79. The van der Waals surface area contributed by atoms with Gasteiger partial charge in [0, 0.05) is 31.6 Å². The van der Waals surface area contributed by atoms with Gasteiger partial charge >= 0.3 is 0 Å². The fourth-order valence-corrected chi connectivity index (χ4v) is 3.64. The SMILES string of the molecule is Clc1cccc(O[C@H](C2CCOCC2)[C@@H]2CCNC2)c1Cl. The summed E-state index contributed by atoms with van der Waals surface area (Å²) in [4.78, 5) is 0. The van der Waals surface area contributed by atoms with Crippen molar-refractivity contribution in [3.05, 3.63) is 28.2 Å². The smallest absolute Gasteiger partial charge is 0.139 e. The highest BCUT2D eigenvalue weighted by molar-refractivity contribution is 6.42. The van der Waals surface area contributed by atoms with Crippen molar-refractivity contribution < 1.29 is 9.47 Å². The number of benzene rings is 1. The molecule has 2 fully saturated rings. The lowest BCUT2D eigenvalue weighted by atomic mass is 9.85. The third-order valence-corrected chi connectivity index (χ3v) is 5.27. The molecule has 21 heavy (non-hydrogen) atoms. The van der Waals surface area contributed by atoms with Crippen LogP contribution >= 0.6 is 23.2 Å². The molecule has 1 aromatic rings.